The number of aromatic nitrogens is 1. The molecule has 0 bridgehead atoms. The van der Waals surface area contributed by atoms with Crippen LogP contribution in [0, 0.1) is 11.3 Å². The Morgan fingerprint density at radius 2 is 2.25 bits per heavy atom. The molecule has 6 heteroatoms. The molecule has 0 radical (unpaired) electrons. The van der Waals surface area contributed by atoms with Crippen molar-refractivity contribution in [1.29, 1.82) is 5.26 Å². The summed E-state index contributed by atoms with van der Waals surface area (Å²) in [6.45, 7) is 0. The lowest BCUT2D eigenvalue weighted by Crippen LogP contribution is -2.36. The Morgan fingerprint density at radius 3 is 2.88 bits per heavy atom. The van der Waals surface area contributed by atoms with Crippen molar-refractivity contribution in [1.82, 2.24) is 4.98 Å². The smallest absolute Gasteiger partial charge is 0.185 e. The number of nitrogens with one attached hydrogen (secondary N) is 1. The molecule has 4 nitrogen and oxygen atoms in total. The highest BCUT2D eigenvalue weighted by molar-refractivity contribution is 7.16. The highest BCUT2D eigenvalue weighted by Crippen LogP contribution is 2.29. The maximum atomic E-state index is 9.78. The van der Waals surface area contributed by atoms with Crippen LogP contribution in [0.15, 0.2) is 0 Å². The molecule has 1 saturated carbocycles. The molecule has 0 aliphatic heterocycles. The van der Waals surface area contributed by atoms with Crippen LogP contribution in [-0.4, -0.2) is 22.2 Å². The van der Waals surface area contributed by atoms with Gasteiger partial charge in [-0.1, -0.05) is 35.8 Å². The van der Waals surface area contributed by atoms with E-state index in [2.05, 4.69) is 10.3 Å². The Morgan fingerprint density at radius 1 is 1.50 bits per heavy atom. The molecule has 0 spiro atoms. The molecule has 2 rings (SSSR count). The fourth-order valence-electron chi connectivity index (χ4n) is 1.87. The van der Waals surface area contributed by atoms with Crippen LogP contribution in [0.25, 0.3) is 0 Å². The highest BCUT2D eigenvalue weighted by atomic mass is 35.5. The molecule has 2 N–H and O–H groups in total. The lowest BCUT2D eigenvalue weighted by atomic mass is 9.93. The van der Waals surface area contributed by atoms with Crippen molar-refractivity contribution in [3.8, 4) is 6.07 Å². The van der Waals surface area contributed by atoms with Crippen LogP contribution in [0.4, 0.5) is 5.13 Å². The van der Waals surface area contributed by atoms with Crippen LogP contribution in [-0.2, 0) is 0 Å². The lowest BCUT2D eigenvalue weighted by Gasteiger charge is -2.27. The first-order valence-electron chi connectivity index (χ1n) is 5.21. The molecule has 1 fully saturated rings. The van der Waals surface area contributed by atoms with Crippen LogP contribution in [0.2, 0.25) is 5.15 Å². The summed E-state index contributed by atoms with van der Waals surface area (Å²) >= 11 is 7.00. The molecule has 0 aromatic carbocycles. The number of nitrogens with zero attached hydrogens (tertiary/aromatic N) is 2. The zero-order valence-corrected chi connectivity index (χ0v) is 10.2. The SMILES string of the molecule is N#Cc1sc(NC2CCCCC2O)nc1Cl. The van der Waals surface area contributed by atoms with Crippen molar-refractivity contribution in [3.63, 3.8) is 0 Å². The van der Waals surface area contributed by atoms with E-state index in [1.165, 1.54) is 11.3 Å². The second-order valence-electron chi connectivity index (χ2n) is 3.85. The average molecular weight is 258 g/mol. The topological polar surface area (TPSA) is 68.9 Å². The first-order valence-corrected chi connectivity index (χ1v) is 6.41. The van der Waals surface area contributed by atoms with E-state index in [4.69, 9.17) is 16.9 Å². The molecule has 2 unspecified atom stereocenters. The maximum absolute atomic E-state index is 9.78. The molecule has 1 aliphatic rings. The van der Waals surface area contributed by atoms with Gasteiger partial charge in [-0.3, -0.25) is 0 Å². The molecule has 16 heavy (non-hydrogen) atoms. The first kappa shape index (κ1) is 11.6. The molecular weight excluding hydrogens is 246 g/mol. The zero-order valence-electron chi connectivity index (χ0n) is 8.61. The summed E-state index contributed by atoms with van der Waals surface area (Å²) in [5.41, 5.74) is 0. The molecule has 86 valence electrons. The van der Waals surface area contributed by atoms with Gasteiger partial charge in [0.1, 0.15) is 10.9 Å². The molecule has 0 saturated heterocycles. The van der Waals surface area contributed by atoms with Crippen molar-refractivity contribution in [2.75, 3.05) is 5.32 Å². The van der Waals surface area contributed by atoms with E-state index in [9.17, 15) is 5.11 Å². The number of nitriles is 1. The number of hydrogen-bond donors (Lipinski definition) is 2. The van der Waals surface area contributed by atoms with E-state index in [1.807, 2.05) is 6.07 Å². The van der Waals surface area contributed by atoms with Crippen molar-refractivity contribution in [3.05, 3.63) is 10.0 Å². The van der Waals surface area contributed by atoms with Crippen molar-refractivity contribution in [2.24, 2.45) is 0 Å². The van der Waals surface area contributed by atoms with E-state index >= 15 is 0 Å². The number of anilines is 1. The maximum Gasteiger partial charge on any atom is 0.185 e. The fraction of sp³-hybridized carbons (Fsp3) is 0.600. The summed E-state index contributed by atoms with van der Waals surface area (Å²) in [5.74, 6) is 0. The summed E-state index contributed by atoms with van der Waals surface area (Å²) < 4.78 is 0. The quantitative estimate of drug-likeness (QED) is 0.854. The standard InChI is InChI=1S/C10H12ClN3OS/c11-9-8(5-12)16-10(14-9)13-6-3-1-2-4-7(6)15/h6-7,15H,1-4H2,(H,13,14). The number of hydrogen-bond acceptors (Lipinski definition) is 5. The fourth-order valence-corrected chi connectivity index (χ4v) is 2.88. The molecule has 1 aliphatic carbocycles. The van der Waals surface area contributed by atoms with E-state index in [-0.39, 0.29) is 17.3 Å². The predicted molar refractivity (Wildman–Crippen MR) is 63.7 cm³/mol. The van der Waals surface area contributed by atoms with Crippen molar-refractivity contribution < 1.29 is 5.11 Å². The predicted octanol–water partition coefficient (Wildman–Crippen LogP) is 2.38. The Bertz CT molecular complexity index is 415. The van der Waals surface area contributed by atoms with E-state index in [1.54, 1.807) is 0 Å². The Kier molecular flexibility index (Phi) is 3.64. The van der Waals surface area contributed by atoms with Gasteiger partial charge in [0.05, 0.1) is 12.1 Å². The van der Waals surface area contributed by atoms with Gasteiger partial charge in [0, 0.05) is 0 Å². The summed E-state index contributed by atoms with van der Waals surface area (Å²) in [6.07, 6.45) is 3.60. The average Bonchev–Trinajstić information content (AvgIpc) is 2.62. The molecule has 0 amide bonds. The van der Waals surface area contributed by atoms with Crippen LogP contribution < -0.4 is 5.32 Å². The van der Waals surface area contributed by atoms with Gasteiger partial charge in [-0.05, 0) is 12.8 Å². The summed E-state index contributed by atoms with van der Waals surface area (Å²) in [5, 5.41) is 22.5. The molecule has 2 atom stereocenters. The zero-order chi connectivity index (χ0) is 11.5. The van der Waals surface area contributed by atoms with E-state index < -0.39 is 0 Å². The van der Waals surface area contributed by atoms with Crippen LogP contribution in [0.1, 0.15) is 30.6 Å². The van der Waals surface area contributed by atoms with E-state index in [0.717, 1.165) is 25.7 Å². The third-order valence-electron chi connectivity index (χ3n) is 2.73. The summed E-state index contributed by atoms with van der Waals surface area (Å²) in [6, 6.07) is 2.02. The number of rotatable bonds is 2. The van der Waals surface area contributed by atoms with Gasteiger partial charge in [-0.15, -0.1) is 0 Å². The summed E-state index contributed by atoms with van der Waals surface area (Å²) in [4.78, 5) is 4.46. The van der Waals surface area contributed by atoms with Crippen LogP contribution >= 0.6 is 22.9 Å². The molecular formula is C10H12ClN3OS. The van der Waals surface area contributed by atoms with Gasteiger partial charge in [0.2, 0.25) is 0 Å². The van der Waals surface area contributed by atoms with Gasteiger partial charge in [-0.2, -0.15) is 5.26 Å². The van der Waals surface area contributed by atoms with E-state index in [0.29, 0.717) is 10.0 Å². The molecule has 1 heterocycles. The van der Waals surface area contributed by atoms with Gasteiger partial charge < -0.3 is 10.4 Å². The van der Waals surface area contributed by atoms with Crippen molar-refractivity contribution >= 4 is 28.1 Å². The minimum atomic E-state index is -0.332. The largest absolute Gasteiger partial charge is 0.391 e. The molecule has 1 aromatic heterocycles. The highest BCUT2D eigenvalue weighted by Gasteiger charge is 2.24. The van der Waals surface area contributed by atoms with Gasteiger partial charge >= 0.3 is 0 Å². The lowest BCUT2D eigenvalue weighted by molar-refractivity contribution is 0.116. The number of thiazole rings is 1. The molecule has 1 aromatic rings. The third kappa shape index (κ3) is 2.46. The second-order valence-corrected chi connectivity index (χ2v) is 5.21. The number of halogens is 1. The minimum absolute atomic E-state index is 0.0301. The number of aliphatic hydroxyl groups is 1. The first-order chi connectivity index (χ1) is 7.70. The minimum Gasteiger partial charge on any atom is -0.391 e. The van der Waals surface area contributed by atoms with Gasteiger partial charge in [0.25, 0.3) is 0 Å². The monoisotopic (exact) mass is 257 g/mol. The van der Waals surface area contributed by atoms with Crippen LogP contribution in [0.3, 0.4) is 0 Å². The third-order valence-corrected chi connectivity index (χ3v) is 4.00. The Balaban J connectivity index is 2.05. The Hall–Kier alpha value is -0.830. The van der Waals surface area contributed by atoms with Gasteiger partial charge in [-0.25, -0.2) is 4.98 Å². The van der Waals surface area contributed by atoms with Gasteiger partial charge in [0.15, 0.2) is 10.3 Å². The number of aliphatic hydroxyl groups excluding tert-OH is 1. The summed E-state index contributed by atoms with van der Waals surface area (Å²) in [7, 11) is 0. The second kappa shape index (κ2) is 5.00. The normalized spacial score (nSPS) is 25.1. The van der Waals surface area contributed by atoms with Crippen molar-refractivity contribution in [2.45, 2.75) is 37.8 Å². The van der Waals surface area contributed by atoms with Crippen LogP contribution in [0.5, 0.6) is 0 Å². The Labute approximate surface area is 103 Å².